The molecule has 20 heavy (non-hydrogen) atoms. The van der Waals surface area contributed by atoms with Gasteiger partial charge in [0.2, 0.25) is 0 Å². The van der Waals surface area contributed by atoms with Crippen LogP contribution in [0, 0.1) is 13.8 Å². The standard InChI is InChI=1S/C13H17N3O3S/c1-6(17)5-14-11-9-7(2)10(13(18)19-4)20-12(9)16-8(3)15-11/h6,17H,5H2,1-4H3,(H,14,15,16)/t6-/m0/s1. The number of aliphatic hydroxyl groups excluding tert-OH is 1. The lowest BCUT2D eigenvalue weighted by atomic mass is 10.2. The van der Waals surface area contributed by atoms with Crippen molar-refractivity contribution in [1.82, 2.24) is 9.97 Å². The Labute approximate surface area is 120 Å². The van der Waals surface area contributed by atoms with E-state index in [0.717, 1.165) is 15.8 Å². The highest BCUT2D eigenvalue weighted by molar-refractivity contribution is 7.20. The van der Waals surface area contributed by atoms with Gasteiger partial charge in [0.1, 0.15) is 21.3 Å². The van der Waals surface area contributed by atoms with Crippen LogP contribution in [0.25, 0.3) is 10.2 Å². The molecule has 0 fully saturated rings. The summed E-state index contributed by atoms with van der Waals surface area (Å²) in [4.78, 5) is 21.7. The first-order valence-corrected chi connectivity index (χ1v) is 7.03. The number of hydrogen-bond donors (Lipinski definition) is 2. The fourth-order valence-corrected chi connectivity index (χ4v) is 3.05. The summed E-state index contributed by atoms with van der Waals surface area (Å²) in [6, 6.07) is 0. The Morgan fingerprint density at radius 3 is 2.75 bits per heavy atom. The molecule has 0 amide bonds. The smallest absolute Gasteiger partial charge is 0.348 e. The maximum atomic E-state index is 11.7. The zero-order valence-corrected chi connectivity index (χ0v) is 12.7. The number of thiophene rings is 1. The lowest BCUT2D eigenvalue weighted by Gasteiger charge is -2.09. The molecular formula is C13H17N3O3S. The van der Waals surface area contributed by atoms with Crippen LogP contribution in [-0.2, 0) is 4.74 Å². The number of ether oxygens (including phenoxy) is 1. The van der Waals surface area contributed by atoms with Gasteiger partial charge in [-0.3, -0.25) is 0 Å². The molecule has 2 N–H and O–H groups in total. The second-order valence-electron chi connectivity index (χ2n) is 4.58. The van der Waals surface area contributed by atoms with Crippen LogP contribution in [0.5, 0.6) is 0 Å². The number of aliphatic hydroxyl groups is 1. The maximum Gasteiger partial charge on any atom is 0.348 e. The summed E-state index contributed by atoms with van der Waals surface area (Å²) in [5.74, 6) is 0.880. The normalized spacial score (nSPS) is 12.4. The van der Waals surface area contributed by atoms with E-state index in [-0.39, 0.29) is 5.97 Å². The van der Waals surface area contributed by atoms with Gasteiger partial charge in [-0.2, -0.15) is 0 Å². The molecule has 0 radical (unpaired) electrons. The van der Waals surface area contributed by atoms with Crippen LogP contribution in [0.1, 0.15) is 28.0 Å². The van der Waals surface area contributed by atoms with E-state index in [2.05, 4.69) is 15.3 Å². The van der Waals surface area contributed by atoms with Gasteiger partial charge in [-0.15, -0.1) is 11.3 Å². The van der Waals surface area contributed by atoms with Gasteiger partial charge in [0.25, 0.3) is 0 Å². The lowest BCUT2D eigenvalue weighted by molar-refractivity contribution is 0.0605. The molecule has 2 aromatic heterocycles. The molecule has 108 valence electrons. The van der Waals surface area contributed by atoms with Gasteiger partial charge < -0.3 is 15.2 Å². The van der Waals surface area contributed by atoms with Gasteiger partial charge in [0.15, 0.2) is 0 Å². The fourth-order valence-electron chi connectivity index (χ4n) is 1.91. The lowest BCUT2D eigenvalue weighted by Crippen LogP contribution is -2.16. The van der Waals surface area contributed by atoms with Crippen LogP contribution in [-0.4, -0.2) is 40.8 Å². The molecule has 1 atom stereocenters. The predicted octanol–water partition coefficient (Wildman–Crippen LogP) is 1.89. The van der Waals surface area contributed by atoms with Crippen LogP contribution in [0.2, 0.25) is 0 Å². The van der Waals surface area contributed by atoms with Gasteiger partial charge >= 0.3 is 5.97 Å². The minimum absolute atomic E-state index is 0.371. The van der Waals surface area contributed by atoms with Crippen molar-refractivity contribution in [2.45, 2.75) is 26.9 Å². The quantitative estimate of drug-likeness (QED) is 0.838. The van der Waals surface area contributed by atoms with Crippen LogP contribution in [0.3, 0.4) is 0 Å². The van der Waals surface area contributed by atoms with Crippen LogP contribution >= 0.6 is 11.3 Å². The van der Waals surface area contributed by atoms with E-state index in [9.17, 15) is 9.90 Å². The van der Waals surface area contributed by atoms with Crippen molar-refractivity contribution in [3.63, 3.8) is 0 Å². The summed E-state index contributed by atoms with van der Waals surface area (Å²) in [7, 11) is 1.36. The molecule has 0 bridgehead atoms. The van der Waals surface area contributed by atoms with Crippen molar-refractivity contribution in [3.05, 3.63) is 16.3 Å². The number of hydrogen-bond acceptors (Lipinski definition) is 7. The molecule has 7 heteroatoms. The monoisotopic (exact) mass is 295 g/mol. The average Bonchev–Trinajstić information content (AvgIpc) is 2.72. The Morgan fingerprint density at radius 2 is 2.15 bits per heavy atom. The number of methoxy groups -OCH3 is 1. The third kappa shape index (κ3) is 2.73. The van der Waals surface area contributed by atoms with E-state index in [0.29, 0.717) is 23.1 Å². The summed E-state index contributed by atoms with van der Waals surface area (Å²) in [6.45, 7) is 5.71. The first-order valence-electron chi connectivity index (χ1n) is 6.22. The van der Waals surface area contributed by atoms with Crippen molar-refractivity contribution in [2.24, 2.45) is 0 Å². The SMILES string of the molecule is COC(=O)c1sc2nc(C)nc(NC[C@H](C)O)c2c1C. The van der Waals surface area contributed by atoms with E-state index in [1.807, 2.05) is 6.92 Å². The number of fused-ring (bicyclic) bond motifs is 1. The number of rotatable bonds is 4. The Morgan fingerprint density at radius 1 is 1.45 bits per heavy atom. The van der Waals surface area contributed by atoms with Crippen molar-refractivity contribution in [2.75, 3.05) is 19.0 Å². The highest BCUT2D eigenvalue weighted by Crippen LogP contribution is 2.34. The Kier molecular flexibility index (Phi) is 4.20. The summed E-state index contributed by atoms with van der Waals surface area (Å²) < 4.78 is 4.78. The van der Waals surface area contributed by atoms with Gasteiger partial charge in [-0.05, 0) is 26.3 Å². The topological polar surface area (TPSA) is 84.3 Å². The van der Waals surface area contributed by atoms with Gasteiger partial charge in [-0.1, -0.05) is 0 Å². The van der Waals surface area contributed by atoms with Crippen LogP contribution in [0.4, 0.5) is 5.82 Å². The zero-order valence-electron chi connectivity index (χ0n) is 11.9. The Balaban J connectivity index is 2.56. The fraction of sp³-hybridized carbons (Fsp3) is 0.462. The number of esters is 1. The van der Waals surface area contributed by atoms with Crippen molar-refractivity contribution < 1.29 is 14.6 Å². The molecule has 2 rings (SSSR count). The van der Waals surface area contributed by atoms with Crippen LogP contribution < -0.4 is 5.32 Å². The summed E-state index contributed by atoms with van der Waals surface area (Å²) in [5.41, 5.74) is 0.796. The summed E-state index contributed by atoms with van der Waals surface area (Å²) >= 11 is 1.29. The molecule has 2 aromatic rings. The largest absolute Gasteiger partial charge is 0.465 e. The molecule has 0 aromatic carbocycles. The molecule has 2 heterocycles. The number of anilines is 1. The molecule has 0 saturated carbocycles. The second-order valence-corrected chi connectivity index (χ2v) is 5.58. The minimum Gasteiger partial charge on any atom is -0.465 e. The van der Waals surface area contributed by atoms with Gasteiger partial charge in [-0.25, -0.2) is 14.8 Å². The average molecular weight is 295 g/mol. The van der Waals surface area contributed by atoms with Gasteiger partial charge in [0.05, 0.1) is 18.6 Å². The minimum atomic E-state index is -0.487. The van der Waals surface area contributed by atoms with E-state index < -0.39 is 6.10 Å². The van der Waals surface area contributed by atoms with Crippen molar-refractivity contribution >= 4 is 33.3 Å². The molecule has 0 aliphatic carbocycles. The van der Waals surface area contributed by atoms with Gasteiger partial charge in [0, 0.05) is 6.54 Å². The Hall–Kier alpha value is -1.73. The van der Waals surface area contributed by atoms with E-state index >= 15 is 0 Å². The molecule has 6 nitrogen and oxygen atoms in total. The van der Waals surface area contributed by atoms with E-state index in [4.69, 9.17) is 4.74 Å². The summed E-state index contributed by atoms with van der Waals surface area (Å²) in [6.07, 6.45) is -0.487. The predicted molar refractivity (Wildman–Crippen MR) is 78.4 cm³/mol. The van der Waals surface area contributed by atoms with Crippen molar-refractivity contribution in [1.29, 1.82) is 0 Å². The number of carbonyl (C=O) groups excluding carboxylic acids is 1. The molecular weight excluding hydrogens is 278 g/mol. The maximum absolute atomic E-state index is 11.7. The number of aromatic nitrogens is 2. The van der Waals surface area contributed by atoms with E-state index in [1.165, 1.54) is 18.4 Å². The highest BCUT2D eigenvalue weighted by Gasteiger charge is 2.20. The molecule has 0 saturated heterocycles. The van der Waals surface area contributed by atoms with E-state index in [1.54, 1.807) is 13.8 Å². The number of nitrogens with one attached hydrogen (secondary N) is 1. The highest BCUT2D eigenvalue weighted by atomic mass is 32.1. The third-order valence-electron chi connectivity index (χ3n) is 2.84. The molecule has 0 spiro atoms. The first-order chi connectivity index (χ1) is 9.43. The number of carbonyl (C=O) groups is 1. The van der Waals surface area contributed by atoms with Crippen LogP contribution in [0.15, 0.2) is 0 Å². The second kappa shape index (κ2) is 5.72. The number of aryl methyl sites for hydroxylation is 2. The molecule has 0 aliphatic rings. The Bertz CT molecular complexity index is 652. The number of nitrogens with zero attached hydrogens (tertiary/aromatic N) is 2. The molecule has 0 unspecified atom stereocenters. The summed E-state index contributed by atoms with van der Waals surface area (Å²) in [5, 5.41) is 13.3. The van der Waals surface area contributed by atoms with Crippen molar-refractivity contribution in [3.8, 4) is 0 Å². The zero-order chi connectivity index (χ0) is 14.9. The molecule has 0 aliphatic heterocycles. The first kappa shape index (κ1) is 14.7. The third-order valence-corrected chi connectivity index (χ3v) is 4.00.